The molecule has 0 bridgehead atoms. The van der Waals surface area contributed by atoms with Crippen LogP contribution in [0.15, 0.2) is 215 Å². The average Bonchev–Trinajstić information content (AvgIpc) is 4.10. The maximum atomic E-state index is 6.67. The lowest BCUT2D eigenvalue weighted by atomic mass is 9.95. The number of hydrogen-bond acceptors (Lipinski definition) is 6. The molecule has 5 heterocycles. The number of fused-ring (bicyclic) bond motifs is 9. The molecule has 13 rings (SSSR count). The summed E-state index contributed by atoms with van der Waals surface area (Å²) in [7, 11) is 0. The molecule has 0 spiro atoms. The van der Waals surface area contributed by atoms with Crippen molar-refractivity contribution in [3.8, 4) is 62.1 Å². The van der Waals surface area contributed by atoms with Crippen molar-refractivity contribution in [1.29, 1.82) is 0 Å². The number of hydrogen-bond donors (Lipinski definition) is 0. The maximum absolute atomic E-state index is 6.67. The van der Waals surface area contributed by atoms with E-state index >= 15 is 0 Å². The lowest BCUT2D eigenvalue weighted by molar-refractivity contribution is 0.669. The number of para-hydroxylation sites is 2. The highest BCUT2D eigenvalue weighted by molar-refractivity contribution is 7.26. The van der Waals surface area contributed by atoms with E-state index in [4.69, 9.17) is 23.8 Å². The summed E-state index contributed by atoms with van der Waals surface area (Å²) in [5, 5.41) is 8.06. The van der Waals surface area contributed by atoms with Crippen molar-refractivity contribution < 1.29 is 8.83 Å². The Kier molecular flexibility index (Phi) is 9.23. The summed E-state index contributed by atoms with van der Waals surface area (Å²) in [5.41, 5.74) is 11.0. The molecular weight excluding hydrogens is 853 g/mol. The molecule has 320 valence electrons. The molecule has 0 aliphatic heterocycles. The highest BCUT2D eigenvalue weighted by atomic mass is 32.1. The van der Waals surface area contributed by atoms with Gasteiger partial charge in [-0.1, -0.05) is 165 Å². The fourth-order valence-corrected chi connectivity index (χ4v) is 10.8. The Morgan fingerprint density at radius 3 is 1.78 bits per heavy atom. The van der Waals surface area contributed by atoms with Gasteiger partial charge in [0.2, 0.25) is 0 Å². The van der Waals surface area contributed by atoms with Crippen molar-refractivity contribution in [3.63, 3.8) is 0 Å². The Morgan fingerprint density at radius 2 is 0.971 bits per heavy atom. The van der Waals surface area contributed by atoms with Crippen LogP contribution in [0.3, 0.4) is 0 Å². The largest absolute Gasteiger partial charge is 0.456 e. The molecule has 7 heteroatoms. The molecule has 68 heavy (non-hydrogen) atoms. The topological polar surface area (TPSA) is 69.9 Å². The number of furan rings is 2. The fourth-order valence-electron chi connectivity index (χ4n) is 9.67. The first-order valence-electron chi connectivity index (χ1n) is 22.5. The predicted molar refractivity (Wildman–Crippen MR) is 282 cm³/mol. The van der Waals surface area contributed by atoms with Crippen molar-refractivity contribution in [2.75, 3.05) is 0 Å². The summed E-state index contributed by atoms with van der Waals surface area (Å²) >= 11 is 1.80. The van der Waals surface area contributed by atoms with Gasteiger partial charge in [0.05, 0.1) is 5.69 Å². The molecule has 0 unspecified atom stereocenters. The van der Waals surface area contributed by atoms with Gasteiger partial charge in [-0.15, -0.1) is 11.3 Å². The second-order valence-corrected chi connectivity index (χ2v) is 18.0. The second-order valence-electron chi connectivity index (χ2n) is 16.9. The Hall–Kier alpha value is -8.91. The van der Waals surface area contributed by atoms with Crippen LogP contribution in [-0.4, -0.2) is 19.5 Å². The Labute approximate surface area is 394 Å². The number of thiophene rings is 1. The van der Waals surface area contributed by atoms with E-state index in [1.165, 1.54) is 20.2 Å². The van der Waals surface area contributed by atoms with E-state index < -0.39 is 0 Å². The molecule has 0 aliphatic carbocycles. The van der Waals surface area contributed by atoms with Gasteiger partial charge in [0.25, 0.3) is 0 Å². The van der Waals surface area contributed by atoms with Crippen LogP contribution < -0.4 is 10.7 Å². The first-order chi connectivity index (χ1) is 33.5. The van der Waals surface area contributed by atoms with Crippen LogP contribution in [0.5, 0.6) is 0 Å². The monoisotopic (exact) mass is 890 g/mol. The average molecular weight is 891 g/mol. The van der Waals surface area contributed by atoms with Gasteiger partial charge in [-0.3, -0.25) is 0 Å². The van der Waals surface area contributed by atoms with E-state index in [1.54, 1.807) is 11.3 Å². The number of rotatable bonds is 6. The molecule has 13 aromatic rings. The smallest absolute Gasteiger partial charge is 0.164 e. The zero-order valence-electron chi connectivity index (χ0n) is 36.6. The van der Waals surface area contributed by atoms with Crippen molar-refractivity contribution in [3.05, 3.63) is 217 Å². The van der Waals surface area contributed by atoms with Crippen LogP contribution in [-0.2, 0) is 0 Å². The van der Waals surface area contributed by atoms with Crippen molar-refractivity contribution >= 4 is 88.5 Å². The van der Waals surface area contributed by atoms with Crippen molar-refractivity contribution in [2.45, 2.75) is 0 Å². The molecule has 5 aromatic heterocycles. The van der Waals surface area contributed by atoms with Crippen LogP contribution in [0.4, 0.5) is 0 Å². The fraction of sp³-hybridized carbons (Fsp3) is 0. The van der Waals surface area contributed by atoms with E-state index in [0.717, 1.165) is 99.2 Å². The molecular formula is C61H38N4O2S. The van der Waals surface area contributed by atoms with Crippen LogP contribution >= 0.6 is 11.3 Å². The van der Waals surface area contributed by atoms with Crippen LogP contribution in [0.2, 0.25) is 0 Å². The van der Waals surface area contributed by atoms with Crippen LogP contribution in [0.1, 0.15) is 0 Å². The van der Waals surface area contributed by atoms with E-state index in [9.17, 15) is 0 Å². The normalized spacial score (nSPS) is 11.6. The highest BCUT2D eigenvalue weighted by Crippen LogP contribution is 2.45. The third-order valence-electron chi connectivity index (χ3n) is 12.8. The molecule has 0 aliphatic rings. The van der Waals surface area contributed by atoms with Gasteiger partial charge in [-0.25, -0.2) is 15.0 Å². The Bertz CT molecular complexity index is 4280. The van der Waals surface area contributed by atoms with Gasteiger partial charge in [0.15, 0.2) is 17.5 Å². The third-order valence-corrected chi connectivity index (χ3v) is 13.9. The minimum atomic E-state index is 0.548. The van der Waals surface area contributed by atoms with Gasteiger partial charge in [-0.2, -0.15) is 0 Å². The van der Waals surface area contributed by atoms with Crippen LogP contribution in [0, 0.1) is 0 Å². The first-order valence-corrected chi connectivity index (χ1v) is 23.3. The zero-order chi connectivity index (χ0) is 45.3. The van der Waals surface area contributed by atoms with E-state index in [2.05, 4.69) is 127 Å². The molecule has 0 amide bonds. The van der Waals surface area contributed by atoms with Gasteiger partial charge < -0.3 is 13.4 Å². The Morgan fingerprint density at radius 1 is 0.382 bits per heavy atom. The van der Waals surface area contributed by atoms with E-state index in [-0.39, 0.29) is 0 Å². The van der Waals surface area contributed by atoms with Gasteiger partial charge >= 0.3 is 0 Å². The summed E-state index contributed by atoms with van der Waals surface area (Å²) in [6, 6.07) is 70.7. The number of aromatic nitrogens is 4. The van der Waals surface area contributed by atoms with Crippen molar-refractivity contribution in [1.82, 2.24) is 19.5 Å². The molecule has 0 saturated heterocycles. The summed E-state index contributed by atoms with van der Waals surface area (Å²) in [5.74, 6) is 1.69. The second kappa shape index (κ2) is 15.9. The molecule has 8 aromatic carbocycles. The quantitative estimate of drug-likeness (QED) is 0.166. The first kappa shape index (κ1) is 39.5. The lowest BCUT2D eigenvalue weighted by Crippen LogP contribution is -2.28. The summed E-state index contributed by atoms with van der Waals surface area (Å²) in [6.07, 6.45) is 0. The maximum Gasteiger partial charge on any atom is 0.164 e. The zero-order valence-corrected chi connectivity index (χ0v) is 37.4. The summed E-state index contributed by atoms with van der Waals surface area (Å²) in [4.78, 5) is 15.6. The highest BCUT2D eigenvalue weighted by Gasteiger charge is 2.22. The molecule has 0 N–H and O–H groups in total. The molecule has 0 atom stereocenters. The lowest BCUT2D eigenvalue weighted by Gasteiger charge is -2.16. The SMILES string of the molecule is C=c1ccccccc(=C)n1-c1ccc2sc3ccccc3c2c1-c1ccc2oc3cccc(-c4nc(-c5ccccc5)nc(-c5ccc(-c6cccc7c6oc6ccccc67)cc5)n4)c3c2c1. The molecule has 0 saturated carbocycles. The molecule has 6 nitrogen and oxygen atoms in total. The summed E-state index contributed by atoms with van der Waals surface area (Å²) < 4.78 is 17.6. The minimum absolute atomic E-state index is 0.548. The van der Waals surface area contributed by atoms with Gasteiger partial charge in [0.1, 0.15) is 22.3 Å². The number of benzene rings is 8. The molecule has 0 radical (unpaired) electrons. The Balaban J connectivity index is 1.01. The predicted octanol–water partition coefficient (Wildman–Crippen LogP) is 15.1. The van der Waals surface area contributed by atoms with E-state index in [1.807, 2.05) is 97.1 Å². The van der Waals surface area contributed by atoms with Crippen molar-refractivity contribution in [2.24, 2.45) is 0 Å². The van der Waals surface area contributed by atoms with Gasteiger partial charge in [0, 0.05) is 80.2 Å². The van der Waals surface area contributed by atoms with Gasteiger partial charge in [-0.05, 0) is 65.7 Å². The van der Waals surface area contributed by atoms with E-state index in [0.29, 0.717) is 17.5 Å². The number of nitrogens with zero attached hydrogens (tertiary/aromatic N) is 4. The minimum Gasteiger partial charge on any atom is -0.456 e. The van der Waals surface area contributed by atoms with Crippen LogP contribution in [0.25, 0.3) is 139 Å². The third kappa shape index (κ3) is 6.51. The molecule has 0 fully saturated rings. The summed E-state index contributed by atoms with van der Waals surface area (Å²) in [6.45, 7) is 9.06. The standard InChI is InChI=1S/C61H38N4O2S/c1-37-16-6-3-4-7-17-38(2)65(37)49-33-35-54-57(46-21-11-13-27-53(46)68-54)55(49)42-32-34-51-48(36-42)56-47(24-15-26-52(56)66-51)61-63-59(40-18-8-5-9-19-40)62-60(64-61)41-30-28-39(29-31-41)43-22-14-23-45-44-20-10-12-25-50(44)67-58(43)45/h3-36H,1-2H2.